The van der Waals surface area contributed by atoms with Gasteiger partial charge in [-0.3, -0.25) is 4.79 Å². The van der Waals surface area contributed by atoms with Crippen molar-refractivity contribution in [2.75, 3.05) is 5.75 Å². The first-order valence-corrected chi connectivity index (χ1v) is 11.9. The molecule has 0 bridgehead atoms. The Morgan fingerprint density at radius 1 is 1.03 bits per heavy atom. The third-order valence-electron chi connectivity index (χ3n) is 4.14. The summed E-state index contributed by atoms with van der Waals surface area (Å²) in [6.45, 7) is 2.08. The van der Waals surface area contributed by atoms with Crippen LogP contribution in [0.25, 0.3) is 10.2 Å². The van der Waals surface area contributed by atoms with Crippen molar-refractivity contribution in [2.24, 2.45) is 5.10 Å². The number of para-hydroxylation sites is 1. The summed E-state index contributed by atoms with van der Waals surface area (Å²) in [5.41, 5.74) is 5.73. The third kappa shape index (κ3) is 5.72. The first kappa shape index (κ1) is 20.7. The fraction of sp³-hybridized carbons (Fsp3) is 0.0870. The number of nitrogens with one attached hydrogen (secondary N) is 1. The quantitative estimate of drug-likeness (QED) is 0.214. The number of amides is 1. The van der Waals surface area contributed by atoms with Crippen LogP contribution in [0.4, 0.5) is 0 Å². The van der Waals surface area contributed by atoms with E-state index in [1.807, 2.05) is 36.4 Å². The van der Waals surface area contributed by atoms with Crippen molar-refractivity contribution in [1.82, 2.24) is 10.4 Å². The van der Waals surface area contributed by atoms with Crippen molar-refractivity contribution in [3.63, 3.8) is 0 Å². The van der Waals surface area contributed by atoms with Gasteiger partial charge in [-0.2, -0.15) is 5.10 Å². The van der Waals surface area contributed by atoms with Gasteiger partial charge >= 0.3 is 0 Å². The van der Waals surface area contributed by atoms with E-state index in [1.165, 1.54) is 22.2 Å². The molecular formula is C23H19N3OS3. The molecule has 0 aliphatic heterocycles. The van der Waals surface area contributed by atoms with Gasteiger partial charge in [-0.1, -0.05) is 65.5 Å². The van der Waals surface area contributed by atoms with Crippen molar-refractivity contribution in [3.05, 3.63) is 83.9 Å². The van der Waals surface area contributed by atoms with E-state index in [-0.39, 0.29) is 11.7 Å². The van der Waals surface area contributed by atoms with Gasteiger partial charge in [0.25, 0.3) is 5.91 Å². The standard InChI is InChI=1S/C23H19N3OS3/c1-16-6-10-18(11-7-16)29-19-12-8-17(9-13-19)14-24-26-22(27)15-28-23-25-20-4-2-3-5-21(20)30-23/h2-14H,15H2,1H3,(H,26,27)/b24-14+. The second kappa shape index (κ2) is 9.93. The monoisotopic (exact) mass is 449 g/mol. The number of hydrogen-bond acceptors (Lipinski definition) is 6. The number of carbonyl (C=O) groups is 1. The smallest absolute Gasteiger partial charge is 0.250 e. The van der Waals surface area contributed by atoms with Crippen molar-refractivity contribution in [1.29, 1.82) is 0 Å². The molecule has 0 saturated carbocycles. The van der Waals surface area contributed by atoms with Crippen molar-refractivity contribution in [3.8, 4) is 0 Å². The Bertz CT molecular complexity index is 1140. The second-order valence-electron chi connectivity index (χ2n) is 6.51. The number of carbonyl (C=O) groups excluding carboxylic acids is 1. The molecule has 0 fully saturated rings. The van der Waals surface area contributed by atoms with Crippen LogP contribution in [-0.4, -0.2) is 22.9 Å². The summed E-state index contributed by atoms with van der Waals surface area (Å²) in [5.74, 6) is 0.130. The van der Waals surface area contributed by atoms with Gasteiger partial charge in [-0.25, -0.2) is 10.4 Å². The molecule has 0 spiro atoms. The molecule has 150 valence electrons. The maximum atomic E-state index is 12.0. The summed E-state index contributed by atoms with van der Waals surface area (Å²) in [6, 6.07) is 24.5. The highest BCUT2D eigenvalue weighted by Crippen LogP contribution is 2.29. The van der Waals surface area contributed by atoms with E-state index >= 15 is 0 Å². The molecule has 1 aromatic heterocycles. The van der Waals surface area contributed by atoms with E-state index in [9.17, 15) is 4.79 Å². The molecule has 0 aliphatic rings. The number of aromatic nitrogens is 1. The summed E-state index contributed by atoms with van der Waals surface area (Å²) in [4.78, 5) is 18.9. The lowest BCUT2D eigenvalue weighted by atomic mass is 10.2. The summed E-state index contributed by atoms with van der Waals surface area (Å²) >= 11 is 4.73. The highest BCUT2D eigenvalue weighted by molar-refractivity contribution is 8.01. The average molecular weight is 450 g/mol. The van der Waals surface area contributed by atoms with E-state index in [0.29, 0.717) is 0 Å². The summed E-state index contributed by atoms with van der Waals surface area (Å²) in [7, 11) is 0. The van der Waals surface area contributed by atoms with Crippen LogP contribution in [0.1, 0.15) is 11.1 Å². The maximum Gasteiger partial charge on any atom is 0.250 e. The third-order valence-corrected chi connectivity index (χ3v) is 7.34. The molecule has 0 aliphatic carbocycles. The number of benzene rings is 3. The Balaban J connectivity index is 1.25. The molecule has 1 heterocycles. The van der Waals surface area contributed by atoms with Crippen molar-refractivity contribution in [2.45, 2.75) is 21.1 Å². The normalized spacial score (nSPS) is 11.2. The average Bonchev–Trinajstić information content (AvgIpc) is 3.18. The van der Waals surface area contributed by atoms with Crippen LogP contribution >= 0.6 is 34.9 Å². The van der Waals surface area contributed by atoms with Gasteiger partial charge in [0, 0.05) is 9.79 Å². The van der Waals surface area contributed by atoms with E-state index < -0.39 is 0 Å². The van der Waals surface area contributed by atoms with Gasteiger partial charge in [0.2, 0.25) is 0 Å². The Labute approximate surface area is 187 Å². The number of hydrogen-bond donors (Lipinski definition) is 1. The largest absolute Gasteiger partial charge is 0.272 e. The zero-order chi connectivity index (χ0) is 20.8. The van der Waals surface area contributed by atoms with E-state index in [2.05, 4.69) is 58.8 Å². The highest BCUT2D eigenvalue weighted by atomic mass is 32.2. The van der Waals surface area contributed by atoms with Crippen LogP contribution in [0.15, 0.2) is 92.0 Å². The fourth-order valence-electron chi connectivity index (χ4n) is 2.62. The van der Waals surface area contributed by atoms with Crippen molar-refractivity contribution < 1.29 is 4.79 Å². The first-order chi connectivity index (χ1) is 14.7. The molecule has 4 rings (SSSR count). The molecule has 7 heteroatoms. The van der Waals surface area contributed by atoms with Crippen molar-refractivity contribution >= 4 is 57.2 Å². The van der Waals surface area contributed by atoms with Crippen LogP contribution < -0.4 is 5.43 Å². The fourth-order valence-corrected chi connectivity index (χ4v) is 5.29. The predicted molar refractivity (Wildman–Crippen MR) is 128 cm³/mol. The molecule has 0 saturated heterocycles. The summed E-state index contributed by atoms with van der Waals surface area (Å²) in [6.07, 6.45) is 1.65. The number of nitrogens with zero attached hydrogens (tertiary/aromatic N) is 2. The zero-order valence-electron chi connectivity index (χ0n) is 16.2. The molecule has 4 aromatic rings. The van der Waals surface area contributed by atoms with E-state index in [4.69, 9.17) is 0 Å². The lowest BCUT2D eigenvalue weighted by molar-refractivity contribution is -0.118. The molecule has 30 heavy (non-hydrogen) atoms. The van der Waals surface area contributed by atoms with Crippen LogP contribution in [-0.2, 0) is 4.79 Å². The second-order valence-corrected chi connectivity index (χ2v) is 9.91. The van der Waals surface area contributed by atoms with Crippen LogP contribution in [0.3, 0.4) is 0 Å². The Hall–Kier alpha value is -2.61. The van der Waals surface area contributed by atoms with Gasteiger partial charge in [0.05, 0.1) is 22.2 Å². The number of fused-ring (bicyclic) bond motifs is 1. The SMILES string of the molecule is Cc1ccc(Sc2ccc(/C=N/NC(=O)CSc3nc4ccccc4s3)cc2)cc1. The lowest BCUT2D eigenvalue weighted by Gasteiger charge is -2.03. The molecule has 0 radical (unpaired) electrons. The Morgan fingerprint density at radius 3 is 2.47 bits per heavy atom. The minimum Gasteiger partial charge on any atom is -0.272 e. The minimum absolute atomic E-state index is 0.151. The Kier molecular flexibility index (Phi) is 6.84. The highest BCUT2D eigenvalue weighted by Gasteiger charge is 2.07. The first-order valence-electron chi connectivity index (χ1n) is 9.30. The maximum absolute atomic E-state index is 12.0. The molecule has 1 amide bonds. The molecule has 1 N–H and O–H groups in total. The van der Waals surface area contributed by atoms with Gasteiger partial charge < -0.3 is 0 Å². The Morgan fingerprint density at radius 2 is 1.73 bits per heavy atom. The number of thioether (sulfide) groups is 1. The van der Waals surface area contributed by atoms with Gasteiger partial charge in [-0.05, 0) is 48.9 Å². The van der Waals surface area contributed by atoms with Gasteiger partial charge in [0.15, 0.2) is 4.34 Å². The number of thiazole rings is 1. The van der Waals surface area contributed by atoms with Crippen LogP contribution in [0.5, 0.6) is 0 Å². The molecule has 0 unspecified atom stereocenters. The molecule has 4 nitrogen and oxygen atoms in total. The lowest BCUT2D eigenvalue weighted by Crippen LogP contribution is -2.19. The number of aryl methyl sites for hydroxylation is 1. The van der Waals surface area contributed by atoms with Crippen LogP contribution in [0, 0.1) is 6.92 Å². The minimum atomic E-state index is -0.151. The predicted octanol–water partition coefficient (Wildman–Crippen LogP) is 6.00. The van der Waals surface area contributed by atoms with E-state index in [0.717, 1.165) is 25.0 Å². The summed E-state index contributed by atoms with van der Waals surface area (Å²) < 4.78 is 2.01. The van der Waals surface area contributed by atoms with E-state index in [1.54, 1.807) is 29.3 Å². The van der Waals surface area contributed by atoms with Gasteiger partial charge in [-0.15, -0.1) is 11.3 Å². The zero-order valence-corrected chi connectivity index (χ0v) is 18.7. The number of rotatable bonds is 7. The summed E-state index contributed by atoms with van der Waals surface area (Å²) in [5, 5.41) is 4.06. The van der Waals surface area contributed by atoms with Gasteiger partial charge in [0.1, 0.15) is 0 Å². The molecule has 0 atom stereocenters. The topological polar surface area (TPSA) is 54.4 Å². The molecular weight excluding hydrogens is 430 g/mol. The molecule has 3 aromatic carbocycles. The van der Waals surface area contributed by atoms with Crippen LogP contribution in [0.2, 0.25) is 0 Å². The number of hydrazone groups is 1.